The zero-order chi connectivity index (χ0) is 24.5. The van der Waals surface area contributed by atoms with Crippen molar-refractivity contribution in [3.8, 4) is 11.9 Å². The molecule has 1 atom stereocenters. The molecule has 2 aromatic heterocycles. The van der Waals surface area contributed by atoms with E-state index in [2.05, 4.69) is 15.1 Å². The Kier molecular flexibility index (Phi) is 6.68. The molecule has 3 aromatic rings. The van der Waals surface area contributed by atoms with Crippen LogP contribution in [0, 0.1) is 11.3 Å². The lowest BCUT2D eigenvalue weighted by atomic mass is 10.1. The molecule has 176 valence electrons. The van der Waals surface area contributed by atoms with Gasteiger partial charge in [-0.1, -0.05) is 11.6 Å². The summed E-state index contributed by atoms with van der Waals surface area (Å²) < 4.78 is 25.3. The Morgan fingerprint density at radius 2 is 2.06 bits per heavy atom. The number of amides is 1. The number of pyridine rings is 1. The van der Waals surface area contributed by atoms with Crippen LogP contribution in [0.4, 0.5) is 0 Å². The van der Waals surface area contributed by atoms with Crippen molar-refractivity contribution in [3.63, 3.8) is 0 Å². The second-order valence-electron chi connectivity index (χ2n) is 8.40. The van der Waals surface area contributed by atoms with E-state index in [1.807, 2.05) is 18.2 Å². The van der Waals surface area contributed by atoms with Crippen LogP contribution in [0.25, 0.3) is 5.82 Å². The molecule has 1 amide bonds. The molecule has 0 saturated heterocycles. The molecule has 34 heavy (non-hydrogen) atoms. The molecular formula is C23H23ClN6O3S. The van der Waals surface area contributed by atoms with Crippen molar-refractivity contribution in [2.24, 2.45) is 0 Å². The van der Waals surface area contributed by atoms with Crippen molar-refractivity contribution in [2.45, 2.75) is 31.7 Å². The highest BCUT2D eigenvalue weighted by Gasteiger charge is 2.30. The highest BCUT2D eigenvalue weighted by atomic mass is 35.5. The summed E-state index contributed by atoms with van der Waals surface area (Å²) in [6, 6.07) is 9.92. The van der Waals surface area contributed by atoms with Gasteiger partial charge in [0.25, 0.3) is 5.91 Å². The molecule has 1 aliphatic rings. The fourth-order valence-corrected chi connectivity index (χ4v) is 4.49. The first-order valence-corrected chi connectivity index (χ1v) is 13.2. The molecule has 9 nitrogen and oxygen atoms in total. The van der Waals surface area contributed by atoms with Crippen molar-refractivity contribution in [1.29, 1.82) is 5.26 Å². The summed E-state index contributed by atoms with van der Waals surface area (Å²) in [4.78, 5) is 23.7. The number of nitriles is 1. The van der Waals surface area contributed by atoms with Gasteiger partial charge in [0.15, 0.2) is 11.6 Å². The molecule has 1 fully saturated rings. The normalized spacial score (nSPS) is 14.4. The summed E-state index contributed by atoms with van der Waals surface area (Å²) in [6.45, 7) is 1.73. The number of aromatic nitrogens is 4. The summed E-state index contributed by atoms with van der Waals surface area (Å²) in [5, 5.41) is 13.7. The molecule has 1 saturated carbocycles. The second-order valence-corrected chi connectivity index (χ2v) is 11.1. The Hall–Kier alpha value is -3.29. The summed E-state index contributed by atoms with van der Waals surface area (Å²) in [7, 11) is -3.33. The molecular weight excluding hydrogens is 476 g/mol. The van der Waals surface area contributed by atoms with Crippen LogP contribution < -0.4 is 0 Å². The number of nitrogens with zero attached hydrogens (tertiary/aromatic N) is 6. The van der Waals surface area contributed by atoms with Crippen molar-refractivity contribution in [3.05, 3.63) is 70.4 Å². The van der Waals surface area contributed by atoms with Crippen LogP contribution >= 0.6 is 11.6 Å². The maximum absolute atomic E-state index is 13.6. The van der Waals surface area contributed by atoms with E-state index >= 15 is 0 Å². The van der Waals surface area contributed by atoms with Gasteiger partial charge in [0, 0.05) is 29.6 Å². The SMILES string of the molecule is CC(c1ncnn1-c1ccc(C#N)cn1)N(CCS(C)(=O)=O)C(=O)c1cc(Cl)cc(C2CC2)c1. The Morgan fingerprint density at radius 1 is 1.29 bits per heavy atom. The number of carbonyl (C=O) groups excluding carboxylic acids is 1. The van der Waals surface area contributed by atoms with Crippen LogP contribution in [0.3, 0.4) is 0 Å². The first-order valence-electron chi connectivity index (χ1n) is 10.7. The predicted octanol–water partition coefficient (Wildman–Crippen LogP) is 3.31. The summed E-state index contributed by atoms with van der Waals surface area (Å²) in [5.74, 6) is 0.680. The average Bonchev–Trinajstić information content (AvgIpc) is 3.54. The third kappa shape index (κ3) is 5.43. The molecule has 4 rings (SSSR count). The molecule has 0 aliphatic heterocycles. The van der Waals surface area contributed by atoms with E-state index in [0.29, 0.717) is 33.7 Å². The van der Waals surface area contributed by atoms with E-state index in [9.17, 15) is 13.2 Å². The van der Waals surface area contributed by atoms with E-state index in [1.165, 1.54) is 22.1 Å². The van der Waals surface area contributed by atoms with Crippen LogP contribution in [0.5, 0.6) is 0 Å². The lowest BCUT2D eigenvalue weighted by Gasteiger charge is -2.29. The lowest BCUT2D eigenvalue weighted by molar-refractivity contribution is 0.0695. The molecule has 1 unspecified atom stereocenters. The van der Waals surface area contributed by atoms with Crippen molar-refractivity contribution in [1.82, 2.24) is 24.6 Å². The van der Waals surface area contributed by atoms with Crippen LogP contribution in [0.1, 0.15) is 59.0 Å². The minimum Gasteiger partial charge on any atom is -0.328 e. The molecule has 0 N–H and O–H groups in total. The molecule has 0 spiro atoms. The van der Waals surface area contributed by atoms with Crippen molar-refractivity contribution < 1.29 is 13.2 Å². The van der Waals surface area contributed by atoms with E-state index in [4.69, 9.17) is 16.9 Å². The topological polar surface area (TPSA) is 122 Å². The van der Waals surface area contributed by atoms with Crippen LogP contribution in [0.15, 0.2) is 42.9 Å². The zero-order valence-electron chi connectivity index (χ0n) is 18.7. The van der Waals surface area contributed by atoms with Gasteiger partial charge in [-0.2, -0.15) is 15.0 Å². The Morgan fingerprint density at radius 3 is 2.68 bits per heavy atom. The van der Waals surface area contributed by atoms with E-state index < -0.39 is 15.9 Å². The van der Waals surface area contributed by atoms with Gasteiger partial charge < -0.3 is 4.90 Å². The fraction of sp³-hybridized carbons (Fsp3) is 0.348. The van der Waals surface area contributed by atoms with Gasteiger partial charge in [0.2, 0.25) is 0 Å². The third-order valence-corrected chi connectivity index (χ3v) is 6.83. The molecule has 11 heteroatoms. The van der Waals surface area contributed by atoms with Gasteiger partial charge >= 0.3 is 0 Å². The van der Waals surface area contributed by atoms with Crippen molar-refractivity contribution >= 4 is 27.3 Å². The highest BCUT2D eigenvalue weighted by Crippen LogP contribution is 2.41. The van der Waals surface area contributed by atoms with Crippen LogP contribution in [-0.4, -0.2) is 57.5 Å². The Labute approximate surface area is 202 Å². The maximum Gasteiger partial charge on any atom is 0.254 e. The predicted molar refractivity (Wildman–Crippen MR) is 126 cm³/mol. The van der Waals surface area contributed by atoms with E-state index in [-0.39, 0.29) is 18.2 Å². The van der Waals surface area contributed by atoms with Gasteiger partial charge in [0.1, 0.15) is 22.2 Å². The number of carbonyl (C=O) groups is 1. The third-order valence-electron chi connectivity index (χ3n) is 5.69. The number of hydrogen-bond acceptors (Lipinski definition) is 7. The first kappa shape index (κ1) is 23.9. The second kappa shape index (κ2) is 9.52. The summed E-state index contributed by atoms with van der Waals surface area (Å²) in [6.07, 6.45) is 6.01. The van der Waals surface area contributed by atoms with Gasteiger partial charge in [0.05, 0.1) is 17.4 Å². The number of halogens is 1. The highest BCUT2D eigenvalue weighted by molar-refractivity contribution is 7.90. The van der Waals surface area contributed by atoms with Gasteiger partial charge in [-0.3, -0.25) is 4.79 Å². The quantitative estimate of drug-likeness (QED) is 0.466. The van der Waals surface area contributed by atoms with Gasteiger partial charge in [-0.25, -0.2) is 18.4 Å². The lowest BCUT2D eigenvalue weighted by Crippen LogP contribution is -2.38. The van der Waals surface area contributed by atoms with E-state index in [0.717, 1.165) is 24.7 Å². The zero-order valence-corrected chi connectivity index (χ0v) is 20.3. The standard InChI is InChI=1S/C23H23ClN6O3S/c1-15(22-27-14-28-30(22)21-6-3-16(12-25)13-26-21)29(7-8-34(2,32)33)23(31)19-9-18(17-4-5-17)10-20(24)11-19/h3,6,9-11,13-15,17H,4-5,7-8H2,1-2H3. The van der Waals surface area contributed by atoms with Crippen LogP contribution in [0.2, 0.25) is 5.02 Å². The summed E-state index contributed by atoms with van der Waals surface area (Å²) in [5.41, 5.74) is 1.81. The Balaban J connectivity index is 1.70. The molecule has 0 bridgehead atoms. The first-order chi connectivity index (χ1) is 16.2. The van der Waals surface area contributed by atoms with Crippen molar-refractivity contribution in [2.75, 3.05) is 18.6 Å². The van der Waals surface area contributed by atoms with E-state index in [1.54, 1.807) is 25.1 Å². The number of sulfone groups is 1. The maximum atomic E-state index is 13.6. The molecule has 2 heterocycles. The van der Waals surface area contributed by atoms with Gasteiger partial charge in [-0.15, -0.1) is 0 Å². The molecule has 1 aliphatic carbocycles. The average molecular weight is 499 g/mol. The number of rotatable bonds is 8. The Bertz CT molecular complexity index is 1360. The molecule has 0 radical (unpaired) electrons. The minimum atomic E-state index is -3.33. The molecule has 1 aromatic carbocycles. The largest absolute Gasteiger partial charge is 0.328 e. The number of benzene rings is 1. The van der Waals surface area contributed by atoms with Gasteiger partial charge in [-0.05, 0) is 61.6 Å². The monoisotopic (exact) mass is 498 g/mol. The minimum absolute atomic E-state index is 0.0300. The van der Waals surface area contributed by atoms with Crippen LogP contribution in [-0.2, 0) is 9.84 Å². The smallest absolute Gasteiger partial charge is 0.254 e. The number of hydrogen-bond donors (Lipinski definition) is 0. The fourth-order valence-electron chi connectivity index (χ4n) is 3.72. The summed E-state index contributed by atoms with van der Waals surface area (Å²) >= 11 is 6.31.